The van der Waals surface area contributed by atoms with Crippen LogP contribution in [0.25, 0.3) is 0 Å². The standard InChI is InChI=1S/C24H33N3O3/c1-5-14-29-20-9-6-8-19(15-20)16-27-13-11-22(18(27)4)26-23-21(10-7-12-25-23)24(28)30-17(2)3/h6-10,12,15,17-18,22H,5,11,13-14,16H2,1-4H3,(H,25,26)/t18?,22-/m1/s1. The molecule has 1 aliphatic heterocycles. The second-order valence-corrected chi connectivity index (χ2v) is 8.10. The summed E-state index contributed by atoms with van der Waals surface area (Å²) in [7, 11) is 0. The number of hydrogen-bond donors (Lipinski definition) is 1. The van der Waals surface area contributed by atoms with E-state index in [1.807, 2.05) is 19.9 Å². The zero-order valence-corrected chi connectivity index (χ0v) is 18.4. The molecule has 0 spiro atoms. The monoisotopic (exact) mass is 411 g/mol. The summed E-state index contributed by atoms with van der Waals surface area (Å²) >= 11 is 0. The van der Waals surface area contributed by atoms with E-state index < -0.39 is 0 Å². The fourth-order valence-electron chi connectivity index (χ4n) is 3.75. The van der Waals surface area contributed by atoms with E-state index in [9.17, 15) is 4.79 Å². The molecule has 1 unspecified atom stereocenters. The highest BCUT2D eigenvalue weighted by Gasteiger charge is 2.31. The Labute approximate surface area is 179 Å². The molecule has 6 nitrogen and oxygen atoms in total. The van der Waals surface area contributed by atoms with Crippen LogP contribution >= 0.6 is 0 Å². The van der Waals surface area contributed by atoms with Crippen LogP contribution in [0.3, 0.4) is 0 Å². The predicted octanol–water partition coefficient (Wildman–Crippen LogP) is 4.51. The van der Waals surface area contributed by atoms with Crippen LogP contribution in [0, 0.1) is 0 Å². The Morgan fingerprint density at radius 3 is 2.90 bits per heavy atom. The van der Waals surface area contributed by atoms with E-state index in [0.717, 1.165) is 38.3 Å². The first-order valence-electron chi connectivity index (χ1n) is 10.9. The van der Waals surface area contributed by atoms with Crippen molar-refractivity contribution in [2.45, 2.75) is 65.3 Å². The largest absolute Gasteiger partial charge is 0.494 e. The van der Waals surface area contributed by atoms with Gasteiger partial charge in [-0.3, -0.25) is 4.90 Å². The molecule has 6 heteroatoms. The lowest BCUT2D eigenvalue weighted by Gasteiger charge is -2.26. The number of benzene rings is 1. The number of aromatic nitrogens is 1. The van der Waals surface area contributed by atoms with Crippen molar-refractivity contribution in [1.82, 2.24) is 9.88 Å². The van der Waals surface area contributed by atoms with E-state index in [1.54, 1.807) is 18.3 Å². The summed E-state index contributed by atoms with van der Waals surface area (Å²) < 4.78 is 11.1. The second kappa shape index (κ2) is 10.4. The van der Waals surface area contributed by atoms with Crippen molar-refractivity contribution in [2.24, 2.45) is 0 Å². The van der Waals surface area contributed by atoms with E-state index in [2.05, 4.69) is 47.2 Å². The Hall–Kier alpha value is -2.60. The lowest BCUT2D eigenvalue weighted by atomic mass is 10.1. The first kappa shape index (κ1) is 22.1. The number of hydrogen-bond acceptors (Lipinski definition) is 6. The van der Waals surface area contributed by atoms with Gasteiger partial charge in [-0.05, 0) is 63.4 Å². The molecule has 1 N–H and O–H groups in total. The highest BCUT2D eigenvalue weighted by Crippen LogP contribution is 2.26. The molecule has 0 radical (unpaired) electrons. The molecule has 162 valence electrons. The average Bonchev–Trinajstić information content (AvgIpc) is 3.06. The molecule has 2 atom stereocenters. The molecule has 0 aliphatic carbocycles. The Kier molecular flexibility index (Phi) is 7.69. The number of rotatable bonds is 9. The molecule has 1 aromatic carbocycles. The van der Waals surface area contributed by atoms with Gasteiger partial charge < -0.3 is 14.8 Å². The number of likely N-dealkylation sites (tertiary alicyclic amines) is 1. The number of carbonyl (C=O) groups excluding carboxylic acids is 1. The highest BCUT2D eigenvalue weighted by molar-refractivity contribution is 5.94. The predicted molar refractivity (Wildman–Crippen MR) is 119 cm³/mol. The smallest absolute Gasteiger partial charge is 0.342 e. The SMILES string of the molecule is CCCOc1cccc(CN2CC[C@@H](Nc3ncccc3C(=O)OC(C)C)C2C)c1. The molecular formula is C24H33N3O3. The Balaban J connectivity index is 1.64. The number of anilines is 1. The lowest BCUT2D eigenvalue weighted by Crippen LogP contribution is -2.36. The van der Waals surface area contributed by atoms with Crippen molar-refractivity contribution in [3.05, 3.63) is 53.7 Å². The van der Waals surface area contributed by atoms with Crippen LogP contribution in [0.15, 0.2) is 42.6 Å². The molecule has 1 fully saturated rings. The van der Waals surface area contributed by atoms with Crippen molar-refractivity contribution in [3.8, 4) is 5.75 Å². The van der Waals surface area contributed by atoms with Crippen molar-refractivity contribution < 1.29 is 14.3 Å². The quantitative estimate of drug-likeness (QED) is 0.613. The van der Waals surface area contributed by atoms with Crippen LogP contribution in [0.5, 0.6) is 5.75 Å². The first-order valence-corrected chi connectivity index (χ1v) is 10.9. The number of nitrogens with one attached hydrogen (secondary N) is 1. The normalized spacial score (nSPS) is 19.1. The van der Waals surface area contributed by atoms with E-state index in [4.69, 9.17) is 9.47 Å². The molecule has 0 amide bonds. The molecule has 0 bridgehead atoms. The summed E-state index contributed by atoms with van der Waals surface area (Å²) in [6.45, 7) is 10.6. The number of esters is 1. The van der Waals surface area contributed by atoms with Crippen LogP contribution in [0.1, 0.15) is 56.5 Å². The fraction of sp³-hybridized carbons (Fsp3) is 0.500. The number of pyridine rings is 1. The minimum atomic E-state index is -0.341. The molecule has 1 aromatic heterocycles. The van der Waals surface area contributed by atoms with Crippen LogP contribution < -0.4 is 10.1 Å². The summed E-state index contributed by atoms with van der Waals surface area (Å²) in [4.78, 5) is 19.3. The van der Waals surface area contributed by atoms with E-state index >= 15 is 0 Å². The van der Waals surface area contributed by atoms with Gasteiger partial charge in [0.05, 0.1) is 12.7 Å². The molecule has 2 aromatic rings. The van der Waals surface area contributed by atoms with Gasteiger partial charge >= 0.3 is 5.97 Å². The molecule has 30 heavy (non-hydrogen) atoms. The number of ether oxygens (including phenoxy) is 2. The van der Waals surface area contributed by atoms with Crippen molar-refractivity contribution in [2.75, 3.05) is 18.5 Å². The van der Waals surface area contributed by atoms with Gasteiger partial charge in [-0.25, -0.2) is 9.78 Å². The van der Waals surface area contributed by atoms with Gasteiger partial charge in [-0.2, -0.15) is 0 Å². The van der Waals surface area contributed by atoms with Crippen molar-refractivity contribution >= 4 is 11.8 Å². The second-order valence-electron chi connectivity index (χ2n) is 8.10. The Morgan fingerprint density at radius 1 is 1.30 bits per heavy atom. The van der Waals surface area contributed by atoms with Crippen LogP contribution in [-0.4, -0.2) is 47.2 Å². The van der Waals surface area contributed by atoms with Gasteiger partial charge in [0.1, 0.15) is 17.1 Å². The lowest BCUT2D eigenvalue weighted by molar-refractivity contribution is 0.0378. The van der Waals surface area contributed by atoms with Crippen molar-refractivity contribution in [3.63, 3.8) is 0 Å². The molecule has 0 saturated carbocycles. The summed E-state index contributed by atoms with van der Waals surface area (Å²) in [5, 5.41) is 3.49. The molecule has 1 aliphatic rings. The molecule has 2 heterocycles. The molecular weight excluding hydrogens is 378 g/mol. The summed E-state index contributed by atoms with van der Waals surface area (Å²) in [5.41, 5.74) is 1.73. The Morgan fingerprint density at radius 2 is 2.13 bits per heavy atom. The summed E-state index contributed by atoms with van der Waals surface area (Å²) in [5.74, 6) is 1.18. The van der Waals surface area contributed by atoms with Crippen molar-refractivity contribution in [1.29, 1.82) is 0 Å². The molecule has 1 saturated heterocycles. The summed E-state index contributed by atoms with van der Waals surface area (Å²) in [6, 6.07) is 12.4. The van der Waals surface area contributed by atoms with Gasteiger partial charge in [-0.1, -0.05) is 19.1 Å². The molecule has 3 rings (SSSR count). The van der Waals surface area contributed by atoms with Crippen LogP contribution in [0.2, 0.25) is 0 Å². The minimum absolute atomic E-state index is 0.163. The maximum Gasteiger partial charge on any atom is 0.342 e. The third-order valence-corrected chi connectivity index (χ3v) is 5.34. The van der Waals surface area contributed by atoms with Crippen LogP contribution in [0.4, 0.5) is 5.82 Å². The zero-order chi connectivity index (χ0) is 21.5. The topological polar surface area (TPSA) is 63.7 Å². The van der Waals surface area contributed by atoms with Gasteiger partial charge in [0.15, 0.2) is 0 Å². The van der Waals surface area contributed by atoms with E-state index in [1.165, 1.54) is 5.56 Å². The van der Waals surface area contributed by atoms with E-state index in [-0.39, 0.29) is 18.1 Å². The van der Waals surface area contributed by atoms with Gasteiger partial charge in [0, 0.05) is 31.4 Å². The number of nitrogens with zero attached hydrogens (tertiary/aromatic N) is 2. The van der Waals surface area contributed by atoms with E-state index in [0.29, 0.717) is 17.4 Å². The van der Waals surface area contributed by atoms with Gasteiger partial charge in [0.25, 0.3) is 0 Å². The number of carbonyl (C=O) groups is 1. The van der Waals surface area contributed by atoms with Gasteiger partial charge in [-0.15, -0.1) is 0 Å². The van der Waals surface area contributed by atoms with Crippen LogP contribution in [-0.2, 0) is 11.3 Å². The Bertz CT molecular complexity index is 840. The maximum absolute atomic E-state index is 12.4. The third kappa shape index (κ3) is 5.72. The maximum atomic E-state index is 12.4. The third-order valence-electron chi connectivity index (χ3n) is 5.34. The zero-order valence-electron chi connectivity index (χ0n) is 18.4. The minimum Gasteiger partial charge on any atom is -0.494 e. The fourth-order valence-corrected chi connectivity index (χ4v) is 3.75. The first-order chi connectivity index (χ1) is 14.5. The van der Waals surface area contributed by atoms with Gasteiger partial charge in [0.2, 0.25) is 0 Å². The summed E-state index contributed by atoms with van der Waals surface area (Å²) in [6.07, 6.45) is 3.53. The highest BCUT2D eigenvalue weighted by atomic mass is 16.5. The average molecular weight is 412 g/mol.